The Morgan fingerprint density at radius 1 is 1.03 bits per heavy atom. The summed E-state index contributed by atoms with van der Waals surface area (Å²) in [5.41, 5.74) is 6.15. The number of nitrogens with one attached hydrogen (secondary N) is 2. The van der Waals surface area contributed by atoms with Gasteiger partial charge in [0.25, 0.3) is 5.91 Å². The lowest BCUT2D eigenvalue weighted by Crippen LogP contribution is -2.42. The summed E-state index contributed by atoms with van der Waals surface area (Å²) in [5, 5.41) is 3.42. The fraction of sp³-hybridized carbons (Fsp3) is 0.192. The van der Waals surface area contributed by atoms with Crippen molar-refractivity contribution in [1.82, 2.24) is 10.7 Å². The van der Waals surface area contributed by atoms with Gasteiger partial charge in [-0.1, -0.05) is 11.6 Å². The molecular weight excluding hydrogens is 452 g/mol. The van der Waals surface area contributed by atoms with Crippen molar-refractivity contribution in [3.8, 4) is 5.75 Å². The summed E-state index contributed by atoms with van der Waals surface area (Å²) in [6.07, 6.45) is 1.86. The molecule has 174 valence electrons. The Bertz CT molecular complexity index is 1210. The zero-order valence-corrected chi connectivity index (χ0v) is 19.9. The quantitative estimate of drug-likeness (QED) is 0.533. The second-order valence-electron chi connectivity index (χ2n) is 8.17. The van der Waals surface area contributed by atoms with E-state index in [1.807, 2.05) is 73.7 Å². The Hall–Kier alpha value is -3.84. The molecule has 1 heterocycles. The number of rotatable bonds is 6. The van der Waals surface area contributed by atoms with E-state index in [4.69, 9.17) is 16.3 Å². The van der Waals surface area contributed by atoms with Gasteiger partial charge < -0.3 is 15.0 Å². The predicted octanol–water partition coefficient (Wildman–Crippen LogP) is 3.43. The standard InChI is InChI=1S/C26H25ClN4O3/c1-30(2)21-12-4-17(5-13-21)16-31-24(18-8-14-22(34-3)15-9-18)23(26(33)29-31)28-25(32)19-6-10-20(27)11-7-19/h4-16,23-24H,1-3H3,(H-,28,29,32,33)/p+1/t23-,24-/m1/s1. The third-order valence-corrected chi connectivity index (χ3v) is 5.94. The first-order chi connectivity index (χ1) is 16.4. The summed E-state index contributed by atoms with van der Waals surface area (Å²) in [7, 11) is 5.56. The van der Waals surface area contributed by atoms with Gasteiger partial charge in [-0.2, -0.15) is 0 Å². The molecule has 2 atom stereocenters. The summed E-state index contributed by atoms with van der Waals surface area (Å²) >= 11 is 5.94. The Morgan fingerprint density at radius 3 is 2.26 bits per heavy atom. The maximum absolute atomic E-state index is 13.0. The highest BCUT2D eigenvalue weighted by Gasteiger charge is 2.47. The molecule has 1 aliphatic heterocycles. The van der Waals surface area contributed by atoms with Gasteiger partial charge in [-0.15, -0.1) is 10.1 Å². The highest BCUT2D eigenvalue weighted by molar-refractivity contribution is 6.30. The van der Waals surface area contributed by atoms with Gasteiger partial charge in [-0.05, 0) is 72.8 Å². The smallest absolute Gasteiger partial charge is 0.304 e. The second-order valence-corrected chi connectivity index (χ2v) is 8.61. The number of hydrazone groups is 1. The van der Waals surface area contributed by atoms with Crippen LogP contribution in [0.1, 0.15) is 27.5 Å². The second kappa shape index (κ2) is 9.97. The third-order valence-electron chi connectivity index (χ3n) is 5.69. The number of methoxy groups -OCH3 is 1. The molecule has 1 aliphatic rings. The molecule has 0 spiro atoms. The van der Waals surface area contributed by atoms with Crippen LogP contribution in [0.5, 0.6) is 5.75 Å². The first kappa shape index (κ1) is 23.3. The van der Waals surface area contributed by atoms with Crippen LogP contribution in [0.25, 0.3) is 0 Å². The summed E-state index contributed by atoms with van der Waals surface area (Å²) < 4.78 is 7.01. The van der Waals surface area contributed by atoms with Crippen molar-refractivity contribution in [2.24, 2.45) is 0 Å². The van der Waals surface area contributed by atoms with Crippen LogP contribution in [0.3, 0.4) is 0 Å². The third kappa shape index (κ3) is 5.05. The molecule has 0 unspecified atom stereocenters. The van der Waals surface area contributed by atoms with E-state index in [-0.39, 0.29) is 11.8 Å². The summed E-state index contributed by atoms with van der Waals surface area (Å²) in [6, 6.07) is 20.7. The van der Waals surface area contributed by atoms with Crippen LogP contribution in [0.15, 0.2) is 72.8 Å². The minimum atomic E-state index is -0.811. The Morgan fingerprint density at radius 2 is 1.68 bits per heavy atom. The van der Waals surface area contributed by atoms with E-state index in [1.54, 1.807) is 36.1 Å². The number of anilines is 1. The number of hydrogen-bond acceptors (Lipinski definition) is 4. The van der Waals surface area contributed by atoms with E-state index in [1.165, 1.54) is 0 Å². The molecule has 0 saturated carbocycles. The maximum Gasteiger partial charge on any atom is 0.304 e. The normalized spacial score (nSPS) is 18.5. The monoisotopic (exact) mass is 477 g/mol. The first-order valence-electron chi connectivity index (χ1n) is 10.8. The molecule has 0 aliphatic carbocycles. The topological polar surface area (TPSA) is 73.7 Å². The SMILES string of the molecule is COc1ccc([C@@H]2[C@@H](NC(=O)c3ccc(Cl)cc3)C(=O)N/[N+]2=C\c2ccc(N(C)C)cc2)cc1. The van der Waals surface area contributed by atoms with Crippen LogP contribution in [0.4, 0.5) is 5.69 Å². The van der Waals surface area contributed by atoms with E-state index >= 15 is 0 Å². The molecule has 0 aromatic heterocycles. The average Bonchev–Trinajstić information content (AvgIpc) is 3.14. The van der Waals surface area contributed by atoms with Crippen molar-refractivity contribution in [1.29, 1.82) is 0 Å². The van der Waals surface area contributed by atoms with Crippen LogP contribution in [-0.2, 0) is 4.79 Å². The number of carbonyl (C=O) groups excluding carboxylic acids is 2. The fourth-order valence-electron chi connectivity index (χ4n) is 3.83. The number of nitrogens with zero attached hydrogens (tertiary/aromatic N) is 2. The van der Waals surface area contributed by atoms with E-state index < -0.39 is 12.1 Å². The molecule has 2 N–H and O–H groups in total. The lowest BCUT2D eigenvalue weighted by atomic mass is 9.99. The number of halogens is 1. The highest BCUT2D eigenvalue weighted by Crippen LogP contribution is 2.27. The van der Waals surface area contributed by atoms with E-state index in [9.17, 15) is 9.59 Å². The molecule has 4 rings (SSSR count). The zero-order chi connectivity index (χ0) is 24.2. The van der Waals surface area contributed by atoms with Gasteiger partial charge in [-0.3, -0.25) is 9.59 Å². The summed E-state index contributed by atoms with van der Waals surface area (Å²) in [5.74, 6) is 0.0504. The molecule has 2 amide bonds. The van der Waals surface area contributed by atoms with E-state index in [0.717, 1.165) is 16.8 Å². The first-order valence-corrected chi connectivity index (χ1v) is 11.1. The molecule has 3 aromatic rings. The van der Waals surface area contributed by atoms with Crippen LogP contribution >= 0.6 is 11.6 Å². The Kier molecular flexibility index (Phi) is 6.84. The van der Waals surface area contributed by atoms with Crippen LogP contribution in [0, 0.1) is 0 Å². The minimum Gasteiger partial charge on any atom is -0.497 e. The molecule has 1 saturated heterocycles. The Balaban J connectivity index is 1.68. The zero-order valence-electron chi connectivity index (χ0n) is 19.2. The lowest BCUT2D eigenvalue weighted by Gasteiger charge is -2.15. The van der Waals surface area contributed by atoms with Gasteiger partial charge in [0.15, 0.2) is 6.04 Å². The number of hydrogen-bond donors (Lipinski definition) is 2. The summed E-state index contributed by atoms with van der Waals surface area (Å²) in [6.45, 7) is 0. The number of ether oxygens (including phenoxy) is 1. The van der Waals surface area contributed by atoms with Crippen LogP contribution in [0.2, 0.25) is 5.02 Å². The minimum absolute atomic E-state index is 0.302. The maximum atomic E-state index is 13.0. The molecule has 3 aromatic carbocycles. The highest BCUT2D eigenvalue weighted by atomic mass is 35.5. The van der Waals surface area contributed by atoms with Crippen molar-refractivity contribution in [2.75, 3.05) is 26.1 Å². The van der Waals surface area contributed by atoms with Crippen molar-refractivity contribution < 1.29 is 19.0 Å². The number of benzene rings is 3. The Labute approximate surface area is 203 Å². The van der Waals surface area contributed by atoms with Crippen LogP contribution < -0.4 is 20.4 Å². The summed E-state index contributed by atoms with van der Waals surface area (Å²) in [4.78, 5) is 27.9. The molecule has 8 heteroatoms. The molecule has 0 bridgehead atoms. The lowest BCUT2D eigenvalue weighted by molar-refractivity contribution is -0.596. The fourth-order valence-corrected chi connectivity index (χ4v) is 3.95. The molecule has 0 radical (unpaired) electrons. The van der Waals surface area contributed by atoms with Crippen molar-refractivity contribution in [2.45, 2.75) is 12.1 Å². The molecule has 1 fully saturated rings. The molecule has 34 heavy (non-hydrogen) atoms. The van der Waals surface area contributed by atoms with Gasteiger partial charge in [0.2, 0.25) is 12.3 Å². The van der Waals surface area contributed by atoms with E-state index in [0.29, 0.717) is 16.3 Å². The molecular formula is C26H26ClN4O3+. The average molecular weight is 478 g/mol. The predicted molar refractivity (Wildman–Crippen MR) is 133 cm³/mol. The number of carbonyl (C=O) groups is 2. The molecule has 7 nitrogen and oxygen atoms in total. The van der Waals surface area contributed by atoms with Crippen LogP contribution in [-0.4, -0.2) is 50.0 Å². The number of hydrazine groups is 1. The number of amides is 2. The van der Waals surface area contributed by atoms with Gasteiger partial charge in [0.1, 0.15) is 5.75 Å². The van der Waals surface area contributed by atoms with Gasteiger partial charge in [0, 0.05) is 41.5 Å². The van der Waals surface area contributed by atoms with Crippen molar-refractivity contribution in [3.05, 3.63) is 94.5 Å². The van der Waals surface area contributed by atoms with Gasteiger partial charge in [0.05, 0.1) is 7.11 Å². The largest absolute Gasteiger partial charge is 0.497 e. The van der Waals surface area contributed by atoms with Crippen molar-refractivity contribution >= 4 is 35.3 Å². The van der Waals surface area contributed by atoms with Gasteiger partial charge in [-0.25, -0.2) is 0 Å². The van der Waals surface area contributed by atoms with Gasteiger partial charge >= 0.3 is 5.91 Å². The van der Waals surface area contributed by atoms with Crippen molar-refractivity contribution in [3.63, 3.8) is 0 Å². The van der Waals surface area contributed by atoms with E-state index in [2.05, 4.69) is 10.7 Å².